The second-order valence-electron chi connectivity index (χ2n) is 5.15. The van der Waals surface area contributed by atoms with Gasteiger partial charge < -0.3 is 4.42 Å². The van der Waals surface area contributed by atoms with Crippen LogP contribution in [0.1, 0.15) is 11.5 Å². The van der Waals surface area contributed by atoms with Gasteiger partial charge in [0.25, 0.3) is 0 Å². The molecule has 3 nitrogen and oxygen atoms in total. The lowest BCUT2D eigenvalue weighted by Gasteiger charge is -2.25. The maximum atomic E-state index is 5.99. The van der Waals surface area contributed by atoms with Crippen LogP contribution in [0.2, 0.25) is 0 Å². The molecule has 1 aromatic heterocycles. The Kier molecular flexibility index (Phi) is 5.16. The molecule has 2 fully saturated rings. The van der Waals surface area contributed by atoms with E-state index < -0.39 is 0 Å². The summed E-state index contributed by atoms with van der Waals surface area (Å²) in [5.41, 5.74) is 0. The molecule has 106 valence electrons. The van der Waals surface area contributed by atoms with Gasteiger partial charge in [-0.3, -0.25) is 9.80 Å². The number of rotatable bonds is 4. The van der Waals surface area contributed by atoms with Crippen molar-refractivity contribution in [1.82, 2.24) is 9.80 Å². The summed E-state index contributed by atoms with van der Waals surface area (Å²) >= 11 is 4.11. The van der Waals surface area contributed by atoms with Gasteiger partial charge in [0, 0.05) is 49.2 Å². The van der Waals surface area contributed by atoms with E-state index in [0.717, 1.165) is 24.6 Å². The SMILES string of the molecule is c1cc(CN2CCSCC2)oc1CN1CCSCC1. The Hall–Kier alpha value is -0.100. The molecule has 0 radical (unpaired) electrons. The molecular formula is C14H22N2OS2. The third-order valence-electron chi connectivity index (χ3n) is 3.68. The van der Waals surface area contributed by atoms with Crippen molar-refractivity contribution in [2.45, 2.75) is 13.1 Å². The zero-order valence-electron chi connectivity index (χ0n) is 11.3. The normalized spacial score (nSPS) is 22.7. The van der Waals surface area contributed by atoms with Crippen LogP contribution in [0.3, 0.4) is 0 Å². The Morgan fingerprint density at radius 2 is 1.21 bits per heavy atom. The second kappa shape index (κ2) is 7.07. The highest BCUT2D eigenvalue weighted by Crippen LogP contribution is 2.17. The number of hydrogen-bond acceptors (Lipinski definition) is 5. The first-order valence-corrected chi connectivity index (χ1v) is 9.39. The molecule has 3 heterocycles. The first kappa shape index (κ1) is 13.9. The summed E-state index contributed by atoms with van der Waals surface area (Å²) in [5.74, 6) is 7.32. The number of furan rings is 1. The Morgan fingerprint density at radius 1 is 0.789 bits per heavy atom. The molecule has 0 amide bonds. The lowest BCUT2D eigenvalue weighted by atomic mass is 10.3. The zero-order valence-corrected chi connectivity index (χ0v) is 13.0. The van der Waals surface area contributed by atoms with Gasteiger partial charge in [-0.1, -0.05) is 0 Å². The Balaban J connectivity index is 1.50. The predicted octanol–water partition coefficient (Wildman–Crippen LogP) is 2.38. The first-order chi connectivity index (χ1) is 9.40. The van der Waals surface area contributed by atoms with E-state index in [2.05, 4.69) is 45.5 Å². The highest BCUT2D eigenvalue weighted by Gasteiger charge is 2.15. The predicted molar refractivity (Wildman–Crippen MR) is 83.9 cm³/mol. The number of hydrogen-bond donors (Lipinski definition) is 0. The van der Waals surface area contributed by atoms with Crippen LogP contribution >= 0.6 is 23.5 Å². The lowest BCUT2D eigenvalue weighted by Crippen LogP contribution is -2.32. The smallest absolute Gasteiger partial charge is 0.118 e. The molecule has 0 unspecified atom stereocenters. The lowest BCUT2D eigenvalue weighted by molar-refractivity contribution is 0.241. The summed E-state index contributed by atoms with van der Waals surface area (Å²) in [7, 11) is 0. The molecule has 2 aliphatic rings. The van der Waals surface area contributed by atoms with E-state index in [9.17, 15) is 0 Å². The molecule has 1 aromatic rings. The van der Waals surface area contributed by atoms with Crippen molar-refractivity contribution >= 4 is 23.5 Å². The fourth-order valence-corrected chi connectivity index (χ4v) is 4.51. The summed E-state index contributed by atoms with van der Waals surface area (Å²) in [4.78, 5) is 4.99. The van der Waals surface area contributed by atoms with Crippen LogP contribution < -0.4 is 0 Å². The van der Waals surface area contributed by atoms with Gasteiger partial charge >= 0.3 is 0 Å². The molecule has 0 N–H and O–H groups in total. The number of nitrogens with zero attached hydrogens (tertiary/aromatic N) is 2. The second-order valence-corrected chi connectivity index (χ2v) is 7.59. The maximum Gasteiger partial charge on any atom is 0.118 e. The van der Waals surface area contributed by atoms with Crippen molar-refractivity contribution in [1.29, 1.82) is 0 Å². The topological polar surface area (TPSA) is 19.6 Å². The first-order valence-electron chi connectivity index (χ1n) is 7.08. The van der Waals surface area contributed by atoms with Gasteiger partial charge in [-0.15, -0.1) is 0 Å². The van der Waals surface area contributed by atoms with E-state index in [4.69, 9.17) is 4.42 Å². The van der Waals surface area contributed by atoms with Gasteiger partial charge in [-0.2, -0.15) is 23.5 Å². The highest BCUT2D eigenvalue weighted by molar-refractivity contribution is 7.99. The summed E-state index contributed by atoms with van der Waals surface area (Å²) in [6, 6.07) is 4.32. The Labute approximate surface area is 124 Å². The fourth-order valence-electron chi connectivity index (χ4n) is 2.55. The van der Waals surface area contributed by atoms with E-state index in [-0.39, 0.29) is 0 Å². The molecule has 19 heavy (non-hydrogen) atoms. The van der Waals surface area contributed by atoms with E-state index in [1.165, 1.54) is 49.2 Å². The van der Waals surface area contributed by atoms with Gasteiger partial charge in [-0.25, -0.2) is 0 Å². The van der Waals surface area contributed by atoms with Gasteiger partial charge in [-0.05, 0) is 12.1 Å². The van der Waals surface area contributed by atoms with Crippen LogP contribution in [0.5, 0.6) is 0 Å². The highest BCUT2D eigenvalue weighted by atomic mass is 32.2. The van der Waals surface area contributed by atoms with Gasteiger partial charge in [0.15, 0.2) is 0 Å². The van der Waals surface area contributed by atoms with Crippen molar-refractivity contribution in [3.8, 4) is 0 Å². The summed E-state index contributed by atoms with van der Waals surface area (Å²) in [6.45, 7) is 6.76. The zero-order chi connectivity index (χ0) is 12.9. The van der Waals surface area contributed by atoms with Crippen LogP contribution in [0, 0.1) is 0 Å². The van der Waals surface area contributed by atoms with E-state index in [1.807, 2.05) is 0 Å². The third kappa shape index (κ3) is 4.18. The van der Waals surface area contributed by atoms with E-state index >= 15 is 0 Å². The molecule has 0 aromatic carbocycles. The Morgan fingerprint density at radius 3 is 1.63 bits per heavy atom. The average Bonchev–Trinajstić information content (AvgIpc) is 2.88. The molecule has 2 aliphatic heterocycles. The van der Waals surface area contributed by atoms with Crippen molar-refractivity contribution in [3.63, 3.8) is 0 Å². The molecular weight excluding hydrogens is 276 g/mol. The summed E-state index contributed by atoms with van der Waals surface area (Å²) in [6.07, 6.45) is 0. The molecule has 0 saturated carbocycles. The van der Waals surface area contributed by atoms with Crippen LogP contribution in [0.4, 0.5) is 0 Å². The molecule has 2 saturated heterocycles. The molecule has 3 rings (SSSR count). The minimum Gasteiger partial charge on any atom is -0.463 e. The Bertz CT molecular complexity index is 350. The van der Waals surface area contributed by atoms with Gasteiger partial charge in [0.2, 0.25) is 0 Å². The summed E-state index contributed by atoms with van der Waals surface area (Å²) in [5, 5.41) is 0. The van der Waals surface area contributed by atoms with Crippen molar-refractivity contribution in [2.24, 2.45) is 0 Å². The van der Waals surface area contributed by atoms with Crippen LogP contribution in [0.15, 0.2) is 16.5 Å². The van der Waals surface area contributed by atoms with Crippen molar-refractivity contribution in [3.05, 3.63) is 23.7 Å². The number of thioether (sulfide) groups is 2. The molecule has 0 atom stereocenters. The molecule has 0 aliphatic carbocycles. The largest absolute Gasteiger partial charge is 0.463 e. The van der Waals surface area contributed by atoms with Crippen molar-refractivity contribution in [2.75, 3.05) is 49.2 Å². The standard InChI is InChI=1S/C14H22N2OS2/c1-2-14(12-16-5-9-19-10-6-16)17-13(1)11-15-3-7-18-8-4-15/h1-2H,3-12H2. The van der Waals surface area contributed by atoms with Crippen LogP contribution in [0.25, 0.3) is 0 Å². The minimum absolute atomic E-state index is 0.983. The molecule has 0 spiro atoms. The monoisotopic (exact) mass is 298 g/mol. The molecule has 0 bridgehead atoms. The quantitative estimate of drug-likeness (QED) is 0.847. The summed E-state index contributed by atoms with van der Waals surface area (Å²) < 4.78 is 5.99. The molecule has 5 heteroatoms. The van der Waals surface area contributed by atoms with Gasteiger partial charge in [0.05, 0.1) is 13.1 Å². The van der Waals surface area contributed by atoms with Crippen LogP contribution in [-0.2, 0) is 13.1 Å². The minimum atomic E-state index is 0.983. The van der Waals surface area contributed by atoms with Crippen LogP contribution in [-0.4, -0.2) is 59.0 Å². The third-order valence-corrected chi connectivity index (χ3v) is 5.57. The van der Waals surface area contributed by atoms with E-state index in [0.29, 0.717) is 0 Å². The van der Waals surface area contributed by atoms with E-state index in [1.54, 1.807) is 0 Å². The average molecular weight is 298 g/mol. The fraction of sp³-hybridized carbons (Fsp3) is 0.714. The maximum absolute atomic E-state index is 5.99. The van der Waals surface area contributed by atoms with Crippen molar-refractivity contribution < 1.29 is 4.42 Å². The van der Waals surface area contributed by atoms with Gasteiger partial charge in [0.1, 0.15) is 11.5 Å².